The Balaban J connectivity index is 2.13. The zero-order valence-electron chi connectivity index (χ0n) is 11.0. The van der Waals surface area contributed by atoms with Gasteiger partial charge in [-0.2, -0.15) is 0 Å². The van der Waals surface area contributed by atoms with E-state index >= 15 is 0 Å². The lowest BCUT2D eigenvalue weighted by Crippen LogP contribution is -2.10. The Morgan fingerprint density at radius 2 is 1.80 bits per heavy atom. The molecule has 0 amide bonds. The fourth-order valence-corrected chi connectivity index (χ4v) is 2.97. The number of phenolic OH excluding ortho intramolecular Hbond substituents is 1. The molecule has 0 radical (unpaired) electrons. The topological polar surface area (TPSA) is 66.8 Å². The Morgan fingerprint density at radius 1 is 1.15 bits per heavy atom. The summed E-state index contributed by atoms with van der Waals surface area (Å²) in [4.78, 5) is 0.566. The molecule has 0 saturated heterocycles. The molecule has 2 atom stereocenters. The molecule has 4 nitrogen and oxygen atoms in total. The summed E-state index contributed by atoms with van der Waals surface area (Å²) in [5, 5.41) is 19.4. The van der Waals surface area contributed by atoms with Crippen molar-refractivity contribution in [3.63, 3.8) is 0 Å². The molecule has 2 N–H and O–H groups in total. The summed E-state index contributed by atoms with van der Waals surface area (Å²) in [6.45, 7) is 0. The first kappa shape index (κ1) is 14.6. The average Bonchev–Trinajstić information content (AvgIpc) is 2.47. The van der Waals surface area contributed by atoms with E-state index in [1.54, 1.807) is 30.3 Å². The van der Waals surface area contributed by atoms with Gasteiger partial charge < -0.3 is 14.9 Å². The van der Waals surface area contributed by atoms with Crippen LogP contribution >= 0.6 is 0 Å². The zero-order valence-corrected chi connectivity index (χ0v) is 11.8. The number of aliphatic hydroxyl groups excluding tert-OH is 1. The number of aromatic hydroxyl groups is 1. The highest BCUT2D eigenvalue weighted by atomic mass is 32.2. The van der Waals surface area contributed by atoms with Gasteiger partial charge in [-0.15, -0.1) is 0 Å². The first-order valence-corrected chi connectivity index (χ1v) is 7.42. The summed E-state index contributed by atoms with van der Waals surface area (Å²) in [6.07, 6.45) is -0.874. The summed E-state index contributed by atoms with van der Waals surface area (Å²) < 4.78 is 17.3. The SMILES string of the molecule is COc1ccccc1[C@@H](O)CS(=O)c1ccc(O)cc1. The van der Waals surface area contributed by atoms with Crippen LogP contribution in [0.3, 0.4) is 0 Å². The van der Waals surface area contributed by atoms with Gasteiger partial charge in [-0.05, 0) is 30.3 Å². The zero-order chi connectivity index (χ0) is 14.5. The number of para-hydroxylation sites is 1. The van der Waals surface area contributed by atoms with Crippen LogP contribution in [0.1, 0.15) is 11.7 Å². The van der Waals surface area contributed by atoms with Crippen molar-refractivity contribution < 1.29 is 19.2 Å². The van der Waals surface area contributed by atoms with Crippen molar-refractivity contribution >= 4 is 10.8 Å². The van der Waals surface area contributed by atoms with Gasteiger partial charge in [0, 0.05) is 10.5 Å². The number of phenols is 1. The maximum Gasteiger partial charge on any atom is 0.124 e. The Kier molecular flexibility index (Phi) is 4.76. The van der Waals surface area contributed by atoms with Crippen LogP contribution in [0.2, 0.25) is 0 Å². The standard InChI is InChI=1S/C15H16O4S/c1-19-15-5-3-2-4-13(15)14(17)10-20(18)12-8-6-11(16)7-9-12/h2-9,14,16-17H,10H2,1H3/t14-,20?/m0/s1. The number of benzene rings is 2. The van der Waals surface area contributed by atoms with Gasteiger partial charge in [0.15, 0.2) is 0 Å². The number of aliphatic hydroxyl groups is 1. The normalized spacial score (nSPS) is 13.7. The van der Waals surface area contributed by atoms with Gasteiger partial charge in [-0.3, -0.25) is 4.21 Å². The van der Waals surface area contributed by atoms with E-state index in [1.807, 2.05) is 6.07 Å². The highest BCUT2D eigenvalue weighted by Gasteiger charge is 2.16. The van der Waals surface area contributed by atoms with E-state index in [0.717, 1.165) is 0 Å². The van der Waals surface area contributed by atoms with E-state index in [4.69, 9.17) is 4.74 Å². The van der Waals surface area contributed by atoms with E-state index in [2.05, 4.69) is 0 Å². The monoisotopic (exact) mass is 292 g/mol. The molecule has 0 aliphatic carbocycles. The second kappa shape index (κ2) is 6.54. The Morgan fingerprint density at radius 3 is 2.45 bits per heavy atom. The van der Waals surface area contributed by atoms with Crippen molar-refractivity contribution in [3.05, 3.63) is 54.1 Å². The van der Waals surface area contributed by atoms with Crippen LogP contribution in [0.4, 0.5) is 0 Å². The molecule has 2 aromatic rings. The van der Waals surface area contributed by atoms with Gasteiger partial charge in [-0.1, -0.05) is 18.2 Å². The van der Waals surface area contributed by atoms with Crippen molar-refractivity contribution in [1.82, 2.24) is 0 Å². The number of hydrogen-bond donors (Lipinski definition) is 2. The van der Waals surface area contributed by atoms with Crippen molar-refractivity contribution in [3.8, 4) is 11.5 Å². The maximum atomic E-state index is 12.2. The molecule has 106 valence electrons. The van der Waals surface area contributed by atoms with Crippen molar-refractivity contribution in [2.45, 2.75) is 11.0 Å². The smallest absolute Gasteiger partial charge is 0.124 e. The van der Waals surface area contributed by atoms with Crippen molar-refractivity contribution in [2.75, 3.05) is 12.9 Å². The predicted molar refractivity (Wildman–Crippen MR) is 77.3 cm³/mol. The second-order valence-corrected chi connectivity index (χ2v) is 5.76. The molecule has 0 bridgehead atoms. The van der Waals surface area contributed by atoms with Crippen LogP contribution in [0, 0.1) is 0 Å². The number of rotatable bonds is 5. The molecule has 2 rings (SSSR count). The second-order valence-electron chi connectivity index (χ2n) is 4.26. The highest BCUT2D eigenvalue weighted by Crippen LogP contribution is 2.26. The third-order valence-corrected chi connectivity index (χ3v) is 4.32. The van der Waals surface area contributed by atoms with E-state index in [9.17, 15) is 14.4 Å². The number of hydrogen-bond acceptors (Lipinski definition) is 4. The largest absolute Gasteiger partial charge is 0.508 e. The van der Waals surface area contributed by atoms with Crippen LogP contribution in [0.15, 0.2) is 53.4 Å². The summed E-state index contributed by atoms with van der Waals surface area (Å²) in [7, 11) is 0.181. The average molecular weight is 292 g/mol. The summed E-state index contributed by atoms with van der Waals surface area (Å²) in [5.41, 5.74) is 0.613. The maximum absolute atomic E-state index is 12.2. The first-order chi connectivity index (χ1) is 9.61. The lowest BCUT2D eigenvalue weighted by atomic mass is 10.1. The summed E-state index contributed by atoms with van der Waals surface area (Å²) in [5.74, 6) is 0.768. The molecule has 0 spiro atoms. The molecule has 2 aromatic carbocycles. The highest BCUT2D eigenvalue weighted by molar-refractivity contribution is 7.85. The van der Waals surface area contributed by atoms with E-state index in [0.29, 0.717) is 16.2 Å². The lowest BCUT2D eigenvalue weighted by molar-refractivity contribution is 0.198. The van der Waals surface area contributed by atoms with Crippen molar-refractivity contribution in [2.24, 2.45) is 0 Å². The Hall–Kier alpha value is -1.85. The van der Waals surface area contributed by atoms with Gasteiger partial charge in [-0.25, -0.2) is 0 Å². The minimum Gasteiger partial charge on any atom is -0.508 e. The number of methoxy groups -OCH3 is 1. The van der Waals surface area contributed by atoms with Gasteiger partial charge in [0.05, 0.1) is 29.8 Å². The molecule has 0 saturated carbocycles. The molecule has 20 heavy (non-hydrogen) atoms. The minimum absolute atomic E-state index is 0.0746. The Bertz CT molecular complexity index is 595. The van der Waals surface area contributed by atoms with Gasteiger partial charge in [0.1, 0.15) is 11.5 Å². The molecular weight excluding hydrogens is 276 g/mol. The van der Waals surface area contributed by atoms with Gasteiger partial charge in [0.2, 0.25) is 0 Å². The van der Waals surface area contributed by atoms with Crippen LogP contribution in [0.25, 0.3) is 0 Å². The van der Waals surface area contributed by atoms with Crippen LogP contribution in [-0.4, -0.2) is 27.3 Å². The fourth-order valence-electron chi connectivity index (χ4n) is 1.87. The van der Waals surface area contributed by atoms with Crippen molar-refractivity contribution in [1.29, 1.82) is 0 Å². The van der Waals surface area contributed by atoms with Crippen LogP contribution in [0.5, 0.6) is 11.5 Å². The molecule has 0 aliphatic rings. The van der Waals surface area contributed by atoms with E-state index in [-0.39, 0.29) is 11.5 Å². The van der Waals surface area contributed by atoms with E-state index < -0.39 is 16.9 Å². The number of ether oxygens (including phenoxy) is 1. The molecule has 0 heterocycles. The van der Waals surface area contributed by atoms with Crippen LogP contribution < -0.4 is 4.74 Å². The van der Waals surface area contributed by atoms with Gasteiger partial charge in [0.25, 0.3) is 0 Å². The minimum atomic E-state index is -1.35. The third kappa shape index (κ3) is 3.37. The molecule has 0 aliphatic heterocycles. The van der Waals surface area contributed by atoms with Crippen LogP contribution in [-0.2, 0) is 10.8 Å². The molecule has 0 fully saturated rings. The fraction of sp³-hybridized carbons (Fsp3) is 0.200. The summed E-state index contributed by atoms with van der Waals surface area (Å²) in [6, 6.07) is 13.2. The third-order valence-electron chi connectivity index (χ3n) is 2.91. The quantitative estimate of drug-likeness (QED) is 0.887. The molecular formula is C15H16O4S. The van der Waals surface area contributed by atoms with E-state index in [1.165, 1.54) is 19.2 Å². The predicted octanol–water partition coefficient (Wildman–Crippen LogP) is 2.24. The van der Waals surface area contributed by atoms with Gasteiger partial charge >= 0.3 is 0 Å². The molecule has 1 unspecified atom stereocenters. The molecule has 5 heteroatoms. The lowest BCUT2D eigenvalue weighted by Gasteiger charge is -2.14. The summed E-state index contributed by atoms with van der Waals surface area (Å²) >= 11 is 0. The first-order valence-electron chi connectivity index (χ1n) is 6.10. The molecule has 0 aromatic heterocycles. The Labute approximate surface area is 120 Å².